The fraction of sp³-hybridized carbons (Fsp3) is 0.867. The minimum atomic E-state index is -0.510. The molecule has 2 aliphatic carbocycles. The third-order valence-corrected chi connectivity index (χ3v) is 4.91. The van der Waals surface area contributed by atoms with Crippen molar-refractivity contribution in [1.82, 2.24) is 10.1 Å². The maximum atomic E-state index is 6.02. The number of hydrogen-bond acceptors (Lipinski definition) is 4. The second kappa shape index (κ2) is 4.89. The van der Waals surface area contributed by atoms with Gasteiger partial charge in [0.1, 0.15) is 0 Å². The molecular weight excluding hydrogens is 238 g/mol. The molecule has 0 aliphatic heterocycles. The minimum Gasteiger partial charge on any atom is -0.339 e. The van der Waals surface area contributed by atoms with Crippen LogP contribution in [-0.4, -0.2) is 10.1 Å². The Bertz CT molecular complexity index is 435. The first-order valence-corrected chi connectivity index (χ1v) is 7.67. The van der Waals surface area contributed by atoms with E-state index in [1.54, 1.807) is 0 Å². The fourth-order valence-corrected chi connectivity index (χ4v) is 3.76. The summed E-state index contributed by atoms with van der Waals surface area (Å²) in [4.78, 5) is 4.54. The molecule has 1 aromatic rings. The van der Waals surface area contributed by atoms with E-state index < -0.39 is 5.54 Å². The number of fused-ring (bicyclic) bond motifs is 1. The van der Waals surface area contributed by atoms with Crippen LogP contribution >= 0.6 is 0 Å². The van der Waals surface area contributed by atoms with Crippen molar-refractivity contribution in [3.05, 3.63) is 11.7 Å². The average molecular weight is 263 g/mol. The topological polar surface area (TPSA) is 64.9 Å². The van der Waals surface area contributed by atoms with Crippen LogP contribution < -0.4 is 5.73 Å². The zero-order valence-electron chi connectivity index (χ0n) is 12.1. The van der Waals surface area contributed by atoms with Crippen LogP contribution in [0.4, 0.5) is 0 Å². The summed E-state index contributed by atoms with van der Waals surface area (Å²) in [5.41, 5.74) is 5.51. The van der Waals surface area contributed by atoms with E-state index in [2.05, 4.69) is 10.1 Å². The molecule has 1 aromatic heterocycles. The molecule has 0 radical (unpaired) electrons. The van der Waals surface area contributed by atoms with Crippen LogP contribution in [0, 0.1) is 11.8 Å². The third-order valence-electron chi connectivity index (χ3n) is 4.91. The van der Waals surface area contributed by atoms with Crippen LogP contribution in [0.25, 0.3) is 0 Å². The van der Waals surface area contributed by atoms with E-state index in [1.807, 2.05) is 13.8 Å². The summed E-state index contributed by atoms with van der Waals surface area (Å²) in [6.45, 7) is 3.83. The van der Waals surface area contributed by atoms with Crippen molar-refractivity contribution in [2.75, 3.05) is 0 Å². The Morgan fingerprint density at radius 3 is 2.53 bits per heavy atom. The lowest BCUT2D eigenvalue weighted by Gasteiger charge is -2.38. The van der Waals surface area contributed by atoms with Gasteiger partial charge in [0.05, 0.1) is 5.54 Å². The normalized spacial score (nSPS) is 32.1. The molecule has 3 atom stereocenters. The zero-order valence-corrected chi connectivity index (χ0v) is 12.1. The fourth-order valence-electron chi connectivity index (χ4n) is 3.76. The molecule has 19 heavy (non-hydrogen) atoms. The summed E-state index contributed by atoms with van der Waals surface area (Å²) in [5.74, 6) is 3.75. The van der Waals surface area contributed by atoms with Gasteiger partial charge in [-0.15, -0.1) is 0 Å². The molecule has 4 nitrogen and oxygen atoms in total. The van der Waals surface area contributed by atoms with Crippen molar-refractivity contribution in [2.24, 2.45) is 17.6 Å². The van der Waals surface area contributed by atoms with E-state index >= 15 is 0 Å². The van der Waals surface area contributed by atoms with Gasteiger partial charge in [0.15, 0.2) is 5.82 Å². The first kappa shape index (κ1) is 13.1. The van der Waals surface area contributed by atoms with Crippen molar-refractivity contribution in [3.63, 3.8) is 0 Å². The van der Waals surface area contributed by atoms with Gasteiger partial charge in [0.2, 0.25) is 5.89 Å². The van der Waals surface area contributed by atoms with Crippen LogP contribution in [0.3, 0.4) is 0 Å². The van der Waals surface area contributed by atoms with Crippen molar-refractivity contribution in [2.45, 2.75) is 70.3 Å². The monoisotopic (exact) mass is 263 g/mol. The Morgan fingerprint density at radius 2 is 1.84 bits per heavy atom. The first-order chi connectivity index (χ1) is 9.04. The number of hydrogen-bond donors (Lipinski definition) is 1. The van der Waals surface area contributed by atoms with Gasteiger partial charge in [-0.3, -0.25) is 0 Å². The van der Waals surface area contributed by atoms with Crippen LogP contribution in [0.1, 0.15) is 76.4 Å². The van der Waals surface area contributed by atoms with E-state index in [0.29, 0.717) is 11.7 Å². The van der Waals surface area contributed by atoms with Gasteiger partial charge in [-0.2, -0.15) is 4.98 Å². The largest absolute Gasteiger partial charge is 0.339 e. The lowest BCUT2D eigenvalue weighted by molar-refractivity contribution is 0.142. The number of nitrogens with zero attached hydrogens (tertiary/aromatic N) is 2. The van der Waals surface area contributed by atoms with E-state index in [4.69, 9.17) is 10.3 Å². The molecule has 2 saturated carbocycles. The Kier molecular flexibility index (Phi) is 3.37. The van der Waals surface area contributed by atoms with Gasteiger partial charge < -0.3 is 10.3 Å². The summed E-state index contributed by atoms with van der Waals surface area (Å²) in [6, 6.07) is 0. The second-order valence-corrected chi connectivity index (χ2v) is 6.99. The van der Waals surface area contributed by atoms with E-state index in [-0.39, 0.29) is 0 Å². The van der Waals surface area contributed by atoms with Gasteiger partial charge in [-0.25, -0.2) is 0 Å². The maximum absolute atomic E-state index is 6.02. The molecule has 2 fully saturated rings. The molecule has 0 saturated heterocycles. The predicted octanol–water partition coefficient (Wildman–Crippen LogP) is 3.34. The zero-order chi connectivity index (χ0) is 13.5. The highest BCUT2D eigenvalue weighted by Crippen LogP contribution is 2.45. The number of nitrogens with two attached hydrogens (primary N) is 1. The molecule has 1 heterocycles. The lowest BCUT2D eigenvalue weighted by Crippen LogP contribution is -2.30. The molecule has 4 heteroatoms. The first-order valence-electron chi connectivity index (χ1n) is 7.67. The standard InChI is InChI=1S/C15H25N3O/c1-15(2,16)14-17-13(19-18-14)12-8-7-10-5-3-4-6-11(10)9-12/h10-12H,3-9,16H2,1-2H3. The third kappa shape index (κ3) is 2.69. The van der Waals surface area contributed by atoms with E-state index in [9.17, 15) is 0 Å². The minimum absolute atomic E-state index is 0.461. The summed E-state index contributed by atoms with van der Waals surface area (Å²) in [7, 11) is 0. The van der Waals surface area contributed by atoms with Crippen LogP contribution in [0.15, 0.2) is 4.52 Å². The molecule has 0 spiro atoms. The molecule has 3 rings (SSSR count). The molecule has 106 valence electrons. The van der Waals surface area contributed by atoms with Crippen LogP contribution in [0.5, 0.6) is 0 Å². The van der Waals surface area contributed by atoms with Crippen molar-refractivity contribution < 1.29 is 4.52 Å². The van der Waals surface area contributed by atoms with Gasteiger partial charge >= 0.3 is 0 Å². The molecule has 3 unspecified atom stereocenters. The average Bonchev–Trinajstić information content (AvgIpc) is 2.87. The van der Waals surface area contributed by atoms with Crippen LogP contribution in [0.2, 0.25) is 0 Å². The van der Waals surface area contributed by atoms with Gasteiger partial charge in [0, 0.05) is 5.92 Å². The number of aromatic nitrogens is 2. The summed E-state index contributed by atoms with van der Waals surface area (Å²) >= 11 is 0. The van der Waals surface area contributed by atoms with Crippen LogP contribution in [-0.2, 0) is 5.54 Å². The van der Waals surface area contributed by atoms with E-state index in [1.165, 1.54) is 44.9 Å². The van der Waals surface area contributed by atoms with Crippen molar-refractivity contribution >= 4 is 0 Å². The molecule has 0 aromatic carbocycles. The van der Waals surface area contributed by atoms with Crippen molar-refractivity contribution in [1.29, 1.82) is 0 Å². The molecule has 2 aliphatic rings. The van der Waals surface area contributed by atoms with Gasteiger partial charge in [0.25, 0.3) is 0 Å². The van der Waals surface area contributed by atoms with Gasteiger partial charge in [-0.1, -0.05) is 30.8 Å². The Hall–Kier alpha value is -0.900. The smallest absolute Gasteiger partial charge is 0.229 e. The molecule has 0 amide bonds. The summed E-state index contributed by atoms with van der Waals surface area (Å²) in [6.07, 6.45) is 9.42. The molecule has 2 N–H and O–H groups in total. The summed E-state index contributed by atoms with van der Waals surface area (Å²) in [5, 5.41) is 4.06. The SMILES string of the molecule is CC(C)(N)c1noc(C2CCC3CCCCC3C2)n1. The number of rotatable bonds is 2. The lowest BCUT2D eigenvalue weighted by atomic mass is 9.67. The quantitative estimate of drug-likeness (QED) is 0.888. The highest BCUT2D eigenvalue weighted by Gasteiger charge is 2.35. The highest BCUT2D eigenvalue weighted by molar-refractivity contribution is 5.03. The Morgan fingerprint density at radius 1 is 1.11 bits per heavy atom. The Labute approximate surface area is 115 Å². The molecule has 0 bridgehead atoms. The Balaban J connectivity index is 1.71. The maximum Gasteiger partial charge on any atom is 0.229 e. The van der Waals surface area contributed by atoms with E-state index in [0.717, 1.165) is 17.7 Å². The predicted molar refractivity (Wildman–Crippen MR) is 73.6 cm³/mol. The highest BCUT2D eigenvalue weighted by atomic mass is 16.5. The molecular formula is C15H25N3O. The second-order valence-electron chi connectivity index (χ2n) is 6.99. The summed E-state index contributed by atoms with van der Waals surface area (Å²) < 4.78 is 5.47. The van der Waals surface area contributed by atoms with Crippen molar-refractivity contribution in [3.8, 4) is 0 Å². The van der Waals surface area contributed by atoms with Gasteiger partial charge in [-0.05, 0) is 44.9 Å².